The van der Waals surface area contributed by atoms with E-state index in [1.807, 2.05) is 19.9 Å². The summed E-state index contributed by atoms with van der Waals surface area (Å²) in [5, 5.41) is 1.82. The van der Waals surface area contributed by atoms with Crippen molar-refractivity contribution in [2.75, 3.05) is 0 Å². The molecule has 0 unspecified atom stereocenters. The summed E-state index contributed by atoms with van der Waals surface area (Å²) in [6, 6.07) is 4.05. The molecule has 1 aromatic heterocycles. The van der Waals surface area contributed by atoms with Gasteiger partial charge in [-0.15, -0.1) is 0 Å². The Morgan fingerprint density at radius 2 is 1.93 bits per heavy atom. The van der Waals surface area contributed by atoms with Crippen LogP contribution in [0.15, 0.2) is 22.8 Å². The fourth-order valence-corrected chi connectivity index (χ4v) is 1.92. The Morgan fingerprint density at radius 3 is 2.64 bits per heavy atom. The van der Waals surface area contributed by atoms with Crippen LogP contribution in [0.1, 0.15) is 11.1 Å². The van der Waals surface area contributed by atoms with Crippen LogP contribution >= 0.6 is 27.5 Å². The summed E-state index contributed by atoms with van der Waals surface area (Å²) in [5.41, 5.74) is 3.12. The van der Waals surface area contributed by atoms with Gasteiger partial charge in [0.05, 0.1) is 10.5 Å². The zero-order valence-electron chi connectivity index (χ0n) is 7.94. The van der Waals surface area contributed by atoms with Gasteiger partial charge in [0.2, 0.25) is 0 Å². The maximum Gasteiger partial charge on any atom is 0.0728 e. The van der Waals surface area contributed by atoms with Crippen molar-refractivity contribution in [1.29, 1.82) is 0 Å². The lowest BCUT2D eigenvalue weighted by molar-refractivity contribution is 1.32. The normalized spacial score (nSPS) is 10.9. The Hall–Kier alpha value is -0.600. The first-order chi connectivity index (χ1) is 6.59. The lowest BCUT2D eigenvalue weighted by atomic mass is 10.1. The molecule has 72 valence electrons. The Bertz CT molecular complexity index is 508. The van der Waals surface area contributed by atoms with Gasteiger partial charge < -0.3 is 0 Å². The number of hydrogen-bond donors (Lipinski definition) is 0. The SMILES string of the molecule is Cc1cc2c(Cl)c(C)cnc2cc1Br. The highest BCUT2D eigenvalue weighted by Crippen LogP contribution is 2.29. The third-order valence-corrected chi connectivity index (χ3v) is 3.61. The molecule has 0 N–H and O–H groups in total. The van der Waals surface area contributed by atoms with Gasteiger partial charge in [0.15, 0.2) is 0 Å². The van der Waals surface area contributed by atoms with E-state index >= 15 is 0 Å². The molecular formula is C11H9BrClN. The van der Waals surface area contributed by atoms with E-state index in [0.717, 1.165) is 26.0 Å². The van der Waals surface area contributed by atoms with Crippen LogP contribution in [0, 0.1) is 13.8 Å². The predicted molar refractivity (Wildman–Crippen MR) is 63.9 cm³/mol. The summed E-state index contributed by atoms with van der Waals surface area (Å²) in [4.78, 5) is 4.33. The molecule has 0 bridgehead atoms. The molecule has 0 spiro atoms. The molecule has 14 heavy (non-hydrogen) atoms. The molecule has 0 radical (unpaired) electrons. The van der Waals surface area contributed by atoms with Crippen molar-refractivity contribution in [3.63, 3.8) is 0 Å². The Kier molecular flexibility index (Phi) is 2.50. The number of fused-ring (bicyclic) bond motifs is 1. The molecule has 1 aromatic carbocycles. The highest BCUT2D eigenvalue weighted by atomic mass is 79.9. The standard InChI is InChI=1S/C11H9BrClN/c1-6-3-8-10(4-9(6)12)14-5-7(2)11(8)13/h3-5H,1-2H3. The third-order valence-electron chi connectivity index (χ3n) is 2.26. The quantitative estimate of drug-likeness (QED) is 0.697. The van der Waals surface area contributed by atoms with Gasteiger partial charge >= 0.3 is 0 Å². The van der Waals surface area contributed by atoms with Crippen LogP contribution in [0.5, 0.6) is 0 Å². The average molecular weight is 271 g/mol. The van der Waals surface area contributed by atoms with Crippen molar-refractivity contribution in [2.24, 2.45) is 0 Å². The van der Waals surface area contributed by atoms with E-state index in [0.29, 0.717) is 0 Å². The molecule has 0 amide bonds. The molecule has 0 saturated heterocycles. The number of benzene rings is 1. The van der Waals surface area contributed by atoms with E-state index < -0.39 is 0 Å². The fourth-order valence-electron chi connectivity index (χ4n) is 1.39. The molecule has 0 aliphatic carbocycles. The molecular weight excluding hydrogens is 261 g/mol. The molecule has 2 rings (SSSR count). The van der Waals surface area contributed by atoms with Gasteiger partial charge in [-0.2, -0.15) is 0 Å². The second-order valence-corrected chi connectivity index (χ2v) is 4.61. The summed E-state index contributed by atoms with van der Waals surface area (Å²) < 4.78 is 1.07. The Balaban J connectivity index is 2.89. The van der Waals surface area contributed by atoms with Crippen molar-refractivity contribution in [1.82, 2.24) is 4.98 Å². The number of hydrogen-bond acceptors (Lipinski definition) is 1. The second-order valence-electron chi connectivity index (χ2n) is 3.37. The second kappa shape index (κ2) is 3.52. The molecule has 0 fully saturated rings. The number of halogens is 2. The van der Waals surface area contributed by atoms with Crippen LogP contribution in [0.2, 0.25) is 5.02 Å². The summed E-state index contributed by atoms with van der Waals surface area (Å²) in [5.74, 6) is 0. The summed E-state index contributed by atoms with van der Waals surface area (Å²) in [6.07, 6.45) is 1.80. The van der Waals surface area contributed by atoms with Crippen molar-refractivity contribution in [2.45, 2.75) is 13.8 Å². The molecule has 0 aliphatic heterocycles. The van der Waals surface area contributed by atoms with E-state index in [2.05, 4.69) is 27.0 Å². The maximum absolute atomic E-state index is 6.20. The van der Waals surface area contributed by atoms with Crippen LogP contribution < -0.4 is 0 Å². The van der Waals surface area contributed by atoms with Crippen molar-refractivity contribution in [3.05, 3.63) is 39.0 Å². The fraction of sp³-hybridized carbons (Fsp3) is 0.182. The van der Waals surface area contributed by atoms with Gasteiger partial charge in [-0.1, -0.05) is 27.5 Å². The minimum Gasteiger partial charge on any atom is -0.256 e. The summed E-state index contributed by atoms with van der Waals surface area (Å²) in [7, 11) is 0. The maximum atomic E-state index is 6.20. The highest BCUT2D eigenvalue weighted by Gasteiger charge is 2.05. The topological polar surface area (TPSA) is 12.9 Å². The van der Waals surface area contributed by atoms with Gasteiger partial charge in [-0.05, 0) is 37.1 Å². The van der Waals surface area contributed by atoms with E-state index in [-0.39, 0.29) is 0 Å². The van der Waals surface area contributed by atoms with Crippen molar-refractivity contribution < 1.29 is 0 Å². The van der Waals surface area contributed by atoms with E-state index in [1.165, 1.54) is 5.56 Å². The highest BCUT2D eigenvalue weighted by molar-refractivity contribution is 9.10. The van der Waals surface area contributed by atoms with Crippen LogP contribution in [0.3, 0.4) is 0 Å². The smallest absolute Gasteiger partial charge is 0.0728 e. The van der Waals surface area contributed by atoms with Gasteiger partial charge in [-0.25, -0.2) is 0 Å². The molecule has 0 aliphatic rings. The number of rotatable bonds is 0. The van der Waals surface area contributed by atoms with Crippen molar-refractivity contribution in [3.8, 4) is 0 Å². The van der Waals surface area contributed by atoms with Gasteiger partial charge in [-0.3, -0.25) is 4.98 Å². The molecule has 3 heteroatoms. The lowest BCUT2D eigenvalue weighted by Crippen LogP contribution is -1.86. The van der Waals surface area contributed by atoms with Crippen LogP contribution in [-0.2, 0) is 0 Å². The monoisotopic (exact) mass is 269 g/mol. The van der Waals surface area contributed by atoms with Gasteiger partial charge in [0.1, 0.15) is 0 Å². The Labute approximate surface area is 96.2 Å². The van der Waals surface area contributed by atoms with Gasteiger partial charge in [0.25, 0.3) is 0 Å². The number of aryl methyl sites for hydroxylation is 2. The molecule has 0 atom stereocenters. The zero-order chi connectivity index (χ0) is 10.3. The Morgan fingerprint density at radius 1 is 1.21 bits per heavy atom. The first-order valence-corrected chi connectivity index (χ1v) is 5.47. The van der Waals surface area contributed by atoms with Crippen LogP contribution in [0.4, 0.5) is 0 Å². The number of pyridine rings is 1. The first kappa shape index (κ1) is 9.94. The summed E-state index contributed by atoms with van der Waals surface area (Å²) >= 11 is 9.67. The van der Waals surface area contributed by atoms with E-state index in [1.54, 1.807) is 6.20 Å². The van der Waals surface area contributed by atoms with Crippen LogP contribution in [-0.4, -0.2) is 4.98 Å². The molecule has 2 aromatic rings. The number of aromatic nitrogens is 1. The minimum absolute atomic E-state index is 0.797. The zero-order valence-corrected chi connectivity index (χ0v) is 10.3. The molecule has 1 heterocycles. The van der Waals surface area contributed by atoms with E-state index in [9.17, 15) is 0 Å². The predicted octanol–water partition coefficient (Wildman–Crippen LogP) is 4.27. The van der Waals surface area contributed by atoms with Gasteiger partial charge in [0, 0.05) is 16.1 Å². The van der Waals surface area contributed by atoms with Crippen LogP contribution in [0.25, 0.3) is 10.9 Å². The molecule has 0 saturated carbocycles. The van der Waals surface area contributed by atoms with E-state index in [4.69, 9.17) is 11.6 Å². The molecule has 1 nitrogen and oxygen atoms in total. The lowest BCUT2D eigenvalue weighted by Gasteiger charge is -2.05. The number of nitrogens with zero attached hydrogens (tertiary/aromatic N) is 1. The largest absolute Gasteiger partial charge is 0.256 e. The third kappa shape index (κ3) is 1.53. The minimum atomic E-state index is 0.797. The average Bonchev–Trinajstić information content (AvgIpc) is 2.15. The summed E-state index contributed by atoms with van der Waals surface area (Å²) in [6.45, 7) is 4.01. The first-order valence-electron chi connectivity index (χ1n) is 4.30. The van der Waals surface area contributed by atoms with Crippen molar-refractivity contribution >= 4 is 38.4 Å².